The summed E-state index contributed by atoms with van der Waals surface area (Å²) in [5.41, 5.74) is 1.17. The van der Waals surface area contributed by atoms with E-state index in [4.69, 9.17) is 5.11 Å². The Bertz CT molecular complexity index is 338. The van der Waals surface area contributed by atoms with Crippen LogP contribution >= 0.6 is 0 Å². The molecule has 1 aromatic rings. The Balaban J connectivity index is 1.91. The van der Waals surface area contributed by atoms with Gasteiger partial charge in [0.2, 0.25) is 0 Å². The van der Waals surface area contributed by atoms with Crippen LogP contribution in [0.15, 0.2) is 24.4 Å². The molecule has 1 heterocycles. The van der Waals surface area contributed by atoms with Crippen molar-refractivity contribution < 1.29 is 5.11 Å². The van der Waals surface area contributed by atoms with Crippen LogP contribution in [-0.4, -0.2) is 28.8 Å². The minimum atomic E-state index is 0.270. The third-order valence-corrected chi connectivity index (χ3v) is 3.77. The Morgan fingerprint density at radius 3 is 2.83 bits per heavy atom. The molecule has 0 bridgehead atoms. The highest BCUT2D eigenvalue weighted by atomic mass is 16.3. The summed E-state index contributed by atoms with van der Waals surface area (Å²) in [5, 5.41) is 12.8. The topological polar surface area (TPSA) is 45.1 Å². The van der Waals surface area contributed by atoms with Crippen LogP contribution in [0.25, 0.3) is 0 Å². The van der Waals surface area contributed by atoms with E-state index in [-0.39, 0.29) is 6.61 Å². The van der Waals surface area contributed by atoms with E-state index >= 15 is 0 Å². The molecule has 1 fully saturated rings. The first kappa shape index (κ1) is 13.5. The summed E-state index contributed by atoms with van der Waals surface area (Å²) in [6.45, 7) is 2.45. The Hall–Kier alpha value is -0.930. The number of nitrogens with one attached hydrogen (secondary N) is 1. The molecule has 0 radical (unpaired) electrons. The van der Waals surface area contributed by atoms with Crippen molar-refractivity contribution in [2.24, 2.45) is 5.92 Å². The first-order valence-corrected chi connectivity index (χ1v) is 7.10. The van der Waals surface area contributed by atoms with Crippen LogP contribution in [0.5, 0.6) is 0 Å². The van der Waals surface area contributed by atoms with Gasteiger partial charge in [-0.1, -0.05) is 13.0 Å². The molecule has 2 N–H and O–H groups in total. The first-order valence-electron chi connectivity index (χ1n) is 7.10. The van der Waals surface area contributed by atoms with Gasteiger partial charge in [-0.3, -0.25) is 4.98 Å². The SMILES string of the molecule is CCC(CCO)NC(Cc1ccccn1)C1CC1. The number of hydrogen-bond acceptors (Lipinski definition) is 3. The molecular weight excluding hydrogens is 224 g/mol. The van der Waals surface area contributed by atoms with Crippen LogP contribution in [0.4, 0.5) is 0 Å². The van der Waals surface area contributed by atoms with Gasteiger partial charge in [0.05, 0.1) is 0 Å². The Morgan fingerprint density at radius 2 is 2.28 bits per heavy atom. The second kappa shape index (κ2) is 6.86. The maximum Gasteiger partial charge on any atom is 0.0445 e. The molecular formula is C15H24N2O. The average molecular weight is 248 g/mol. The second-order valence-corrected chi connectivity index (χ2v) is 5.25. The molecule has 2 rings (SSSR count). The van der Waals surface area contributed by atoms with E-state index in [9.17, 15) is 0 Å². The van der Waals surface area contributed by atoms with E-state index in [1.807, 2.05) is 12.3 Å². The standard InChI is InChI=1S/C15H24N2O/c1-2-13(8-10-18)17-15(12-6-7-12)11-14-5-3-4-9-16-14/h3-5,9,12-13,15,17-18H,2,6-8,10-11H2,1H3. The molecule has 1 saturated carbocycles. The van der Waals surface area contributed by atoms with Crippen molar-refractivity contribution in [3.8, 4) is 0 Å². The quantitative estimate of drug-likeness (QED) is 0.741. The maximum atomic E-state index is 9.07. The van der Waals surface area contributed by atoms with E-state index in [0.29, 0.717) is 12.1 Å². The maximum absolute atomic E-state index is 9.07. The normalized spacial score (nSPS) is 18.6. The third-order valence-electron chi connectivity index (χ3n) is 3.77. The lowest BCUT2D eigenvalue weighted by Crippen LogP contribution is -2.41. The van der Waals surface area contributed by atoms with Gasteiger partial charge in [0.25, 0.3) is 0 Å². The third kappa shape index (κ3) is 4.07. The van der Waals surface area contributed by atoms with Gasteiger partial charge in [0.1, 0.15) is 0 Å². The number of nitrogens with zero attached hydrogens (tertiary/aromatic N) is 1. The fraction of sp³-hybridized carbons (Fsp3) is 0.667. The zero-order chi connectivity index (χ0) is 12.8. The highest BCUT2D eigenvalue weighted by Gasteiger charge is 2.32. The Labute approximate surface area is 110 Å². The number of aliphatic hydroxyl groups excluding tert-OH is 1. The molecule has 1 aliphatic rings. The van der Waals surface area contributed by atoms with Crippen LogP contribution in [-0.2, 0) is 6.42 Å². The van der Waals surface area contributed by atoms with Gasteiger partial charge in [-0.25, -0.2) is 0 Å². The zero-order valence-electron chi connectivity index (χ0n) is 11.2. The molecule has 0 saturated heterocycles. The number of rotatable bonds is 8. The van der Waals surface area contributed by atoms with Crippen LogP contribution in [0.3, 0.4) is 0 Å². The average Bonchev–Trinajstić information content (AvgIpc) is 3.22. The summed E-state index contributed by atoms with van der Waals surface area (Å²) in [5.74, 6) is 0.805. The van der Waals surface area contributed by atoms with Crippen molar-refractivity contribution in [3.63, 3.8) is 0 Å². The van der Waals surface area contributed by atoms with Crippen molar-refractivity contribution in [2.75, 3.05) is 6.61 Å². The second-order valence-electron chi connectivity index (χ2n) is 5.25. The van der Waals surface area contributed by atoms with E-state index in [0.717, 1.165) is 25.2 Å². The summed E-state index contributed by atoms with van der Waals surface area (Å²) in [4.78, 5) is 4.42. The lowest BCUT2D eigenvalue weighted by Gasteiger charge is -2.24. The highest BCUT2D eigenvalue weighted by Crippen LogP contribution is 2.34. The molecule has 1 aromatic heterocycles. The van der Waals surface area contributed by atoms with E-state index in [1.54, 1.807) is 0 Å². The summed E-state index contributed by atoms with van der Waals surface area (Å²) in [7, 11) is 0. The van der Waals surface area contributed by atoms with E-state index in [2.05, 4.69) is 29.4 Å². The number of hydrogen-bond donors (Lipinski definition) is 2. The number of pyridine rings is 1. The highest BCUT2D eigenvalue weighted by molar-refractivity contribution is 5.07. The molecule has 0 aliphatic heterocycles. The van der Waals surface area contributed by atoms with Crippen LogP contribution in [0, 0.1) is 5.92 Å². The molecule has 3 heteroatoms. The molecule has 1 aliphatic carbocycles. The van der Waals surface area contributed by atoms with E-state index in [1.165, 1.54) is 18.5 Å². The fourth-order valence-electron chi connectivity index (χ4n) is 2.47. The summed E-state index contributed by atoms with van der Waals surface area (Å²) >= 11 is 0. The Kier molecular flexibility index (Phi) is 5.14. The lowest BCUT2D eigenvalue weighted by atomic mass is 10.0. The van der Waals surface area contributed by atoms with Crippen molar-refractivity contribution in [1.29, 1.82) is 0 Å². The molecule has 0 spiro atoms. The molecule has 3 nitrogen and oxygen atoms in total. The zero-order valence-corrected chi connectivity index (χ0v) is 11.2. The van der Waals surface area contributed by atoms with E-state index < -0.39 is 0 Å². The van der Waals surface area contributed by atoms with Crippen molar-refractivity contribution in [2.45, 2.75) is 51.1 Å². The van der Waals surface area contributed by atoms with Crippen LogP contribution in [0.1, 0.15) is 38.3 Å². The minimum absolute atomic E-state index is 0.270. The summed E-state index contributed by atoms with van der Waals surface area (Å²) in [6.07, 6.45) is 7.46. The molecule has 18 heavy (non-hydrogen) atoms. The predicted molar refractivity (Wildman–Crippen MR) is 73.4 cm³/mol. The van der Waals surface area contributed by atoms with Crippen molar-refractivity contribution in [3.05, 3.63) is 30.1 Å². The van der Waals surface area contributed by atoms with Crippen LogP contribution < -0.4 is 5.32 Å². The van der Waals surface area contributed by atoms with Gasteiger partial charge >= 0.3 is 0 Å². The molecule has 2 atom stereocenters. The van der Waals surface area contributed by atoms with Gasteiger partial charge < -0.3 is 10.4 Å². The van der Waals surface area contributed by atoms with Gasteiger partial charge in [0, 0.05) is 37.0 Å². The summed E-state index contributed by atoms with van der Waals surface area (Å²) < 4.78 is 0. The first-order chi connectivity index (χ1) is 8.83. The molecule has 0 amide bonds. The van der Waals surface area contributed by atoms with Crippen molar-refractivity contribution >= 4 is 0 Å². The van der Waals surface area contributed by atoms with Gasteiger partial charge in [-0.2, -0.15) is 0 Å². The van der Waals surface area contributed by atoms with Crippen molar-refractivity contribution in [1.82, 2.24) is 10.3 Å². The minimum Gasteiger partial charge on any atom is -0.396 e. The summed E-state index contributed by atoms with van der Waals surface area (Å²) in [6, 6.07) is 7.08. The molecule has 0 aromatic carbocycles. The Morgan fingerprint density at radius 1 is 1.44 bits per heavy atom. The fourth-order valence-corrected chi connectivity index (χ4v) is 2.47. The van der Waals surface area contributed by atoms with Gasteiger partial charge in [0.15, 0.2) is 0 Å². The van der Waals surface area contributed by atoms with Crippen LogP contribution in [0.2, 0.25) is 0 Å². The monoisotopic (exact) mass is 248 g/mol. The lowest BCUT2D eigenvalue weighted by molar-refractivity contribution is 0.251. The predicted octanol–water partition coefficient (Wildman–Crippen LogP) is 2.15. The molecule has 100 valence electrons. The smallest absolute Gasteiger partial charge is 0.0445 e. The largest absolute Gasteiger partial charge is 0.396 e. The number of aromatic nitrogens is 1. The van der Waals surface area contributed by atoms with Gasteiger partial charge in [-0.05, 0) is 43.7 Å². The molecule has 2 unspecified atom stereocenters. The number of aliphatic hydroxyl groups is 1. The van der Waals surface area contributed by atoms with Gasteiger partial charge in [-0.15, -0.1) is 0 Å².